The minimum Gasteiger partial charge on any atom is -0.381 e. The highest BCUT2D eigenvalue weighted by molar-refractivity contribution is 5.81. The SMILES string of the molecule is CCC(CC)CN1CCCC(N(C(=O)C2CC2)C2CCOCC2)C1. The highest BCUT2D eigenvalue weighted by atomic mass is 16.5. The lowest BCUT2D eigenvalue weighted by atomic mass is 9.96. The van der Waals surface area contributed by atoms with Crippen LogP contribution >= 0.6 is 0 Å². The molecule has 3 rings (SSSR count). The van der Waals surface area contributed by atoms with Crippen molar-refractivity contribution in [2.75, 3.05) is 32.8 Å². The minimum absolute atomic E-state index is 0.335. The Kier molecular flexibility index (Phi) is 6.56. The van der Waals surface area contributed by atoms with Crippen molar-refractivity contribution in [1.82, 2.24) is 9.80 Å². The molecule has 1 amide bonds. The molecule has 0 aromatic heterocycles. The van der Waals surface area contributed by atoms with Gasteiger partial charge in [0.15, 0.2) is 0 Å². The number of nitrogens with zero attached hydrogens (tertiary/aromatic N) is 2. The van der Waals surface area contributed by atoms with Crippen LogP contribution in [0.2, 0.25) is 0 Å². The van der Waals surface area contributed by atoms with Gasteiger partial charge in [0.1, 0.15) is 0 Å². The average Bonchev–Trinajstić information content (AvgIpc) is 3.46. The molecule has 2 aliphatic heterocycles. The van der Waals surface area contributed by atoms with E-state index in [0.717, 1.165) is 51.4 Å². The molecule has 2 heterocycles. The third kappa shape index (κ3) is 4.51. The molecular formula is C20H36N2O2. The fraction of sp³-hybridized carbons (Fsp3) is 0.950. The van der Waals surface area contributed by atoms with E-state index in [1.54, 1.807) is 0 Å². The normalized spacial score (nSPS) is 26.7. The maximum absolute atomic E-state index is 13.0. The third-order valence-corrected chi connectivity index (χ3v) is 6.31. The van der Waals surface area contributed by atoms with Crippen molar-refractivity contribution in [3.05, 3.63) is 0 Å². The van der Waals surface area contributed by atoms with E-state index in [9.17, 15) is 4.79 Å². The van der Waals surface area contributed by atoms with Crippen molar-refractivity contribution in [2.45, 2.75) is 77.3 Å². The van der Waals surface area contributed by atoms with Gasteiger partial charge in [0.25, 0.3) is 0 Å². The van der Waals surface area contributed by atoms with Crippen molar-refractivity contribution in [1.29, 1.82) is 0 Å². The van der Waals surface area contributed by atoms with Gasteiger partial charge in [-0.25, -0.2) is 0 Å². The van der Waals surface area contributed by atoms with Crippen LogP contribution in [0.3, 0.4) is 0 Å². The summed E-state index contributed by atoms with van der Waals surface area (Å²) in [5, 5.41) is 0. The molecule has 0 spiro atoms. The molecular weight excluding hydrogens is 300 g/mol. The van der Waals surface area contributed by atoms with Crippen LogP contribution < -0.4 is 0 Å². The van der Waals surface area contributed by atoms with Crippen LogP contribution in [0.1, 0.15) is 65.2 Å². The molecule has 0 N–H and O–H groups in total. The molecule has 138 valence electrons. The molecule has 0 aromatic carbocycles. The van der Waals surface area contributed by atoms with E-state index < -0.39 is 0 Å². The van der Waals surface area contributed by atoms with Gasteiger partial charge in [-0.2, -0.15) is 0 Å². The quantitative estimate of drug-likeness (QED) is 0.715. The summed E-state index contributed by atoms with van der Waals surface area (Å²) in [5.74, 6) is 1.60. The monoisotopic (exact) mass is 336 g/mol. The first-order chi connectivity index (χ1) is 11.7. The van der Waals surface area contributed by atoms with E-state index in [1.165, 1.54) is 38.8 Å². The van der Waals surface area contributed by atoms with Crippen LogP contribution in [0.4, 0.5) is 0 Å². The van der Waals surface area contributed by atoms with Crippen LogP contribution in [0.5, 0.6) is 0 Å². The van der Waals surface area contributed by atoms with Crippen LogP contribution in [0.15, 0.2) is 0 Å². The number of likely N-dealkylation sites (tertiary alicyclic amines) is 1. The van der Waals surface area contributed by atoms with Gasteiger partial charge in [0.2, 0.25) is 5.91 Å². The first-order valence-electron chi connectivity index (χ1n) is 10.3. The summed E-state index contributed by atoms with van der Waals surface area (Å²) in [6, 6.07) is 0.856. The van der Waals surface area contributed by atoms with Crippen molar-refractivity contribution >= 4 is 5.91 Å². The zero-order chi connectivity index (χ0) is 16.9. The van der Waals surface area contributed by atoms with Gasteiger partial charge in [-0.05, 0) is 51.0 Å². The molecule has 2 saturated heterocycles. The van der Waals surface area contributed by atoms with Crippen molar-refractivity contribution in [2.24, 2.45) is 11.8 Å². The average molecular weight is 337 g/mol. The fourth-order valence-electron chi connectivity index (χ4n) is 4.50. The largest absolute Gasteiger partial charge is 0.381 e. The van der Waals surface area contributed by atoms with Gasteiger partial charge in [-0.15, -0.1) is 0 Å². The maximum Gasteiger partial charge on any atom is 0.226 e. The van der Waals surface area contributed by atoms with Gasteiger partial charge in [0, 0.05) is 44.3 Å². The zero-order valence-electron chi connectivity index (χ0n) is 15.7. The first kappa shape index (κ1) is 18.2. The molecule has 0 aromatic rings. The molecule has 1 aliphatic carbocycles. The van der Waals surface area contributed by atoms with E-state index >= 15 is 0 Å². The summed E-state index contributed by atoms with van der Waals surface area (Å²) < 4.78 is 5.55. The Hall–Kier alpha value is -0.610. The lowest BCUT2D eigenvalue weighted by Gasteiger charge is -2.45. The second-order valence-corrected chi connectivity index (χ2v) is 8.10. The number of carbonyl (C=O) groups is 1. The summed E-state index contributed by atoms with van der Waals surface area (Å²) in [6.45, 7) is 9.77. The Morgan fingerprint density at radius 2 is 1.79 bits per heavy atom. The third-order valence-electron chi connectivity index (χ3n) is 6.31. The van der Waals surface area contributed by atoms with E-state index in [0.29, 0.717) is 23.9 Å². The molecule has 24 heavy (non-hydrogen) atoms. The van der Waals surface area contributed by atoms with Crippen molar-refractivity contribution in [3.63, 3.8) is 0 Å². The van der Waals surface area contributed by atoms with Crippen molar-refractivity contribution in [3.8, 4) is 0 Å². The standard InChI is InChI=1S/C20H36N2O2/c1-3-16(4-2)14-21-11-5-6-19(15-21)22(20(23)17-7-8-17)18-9-12-24-13-10-18/h16-19H,3-15H2,1-2H3. The summed E-state index contributed by atoms with van der Waals surface area (Å²) in [5.41, 5.74) is 0. The van der Waals surface area contributed by atoms with Gasteiger partial charge < -0.3 is 14.5 Å². The van der Waals surface area contributed by atoms with E-state index in [1.807, 2.05) is 0 Å². The zero-order valence-corrected chi connectivity index (χ0v) is 15.7. The highest BCUT2D eigenvalue weighted by Crippen LogP contribution is 2.35. The van der Waals surface area contributed by atoms with Crippen LogP contribution in [0.25, 0.3) is 0 Å². The number of ether oxygens (including phenoxy) is 1. The number of piperidine rings is 1. The van der Waals surface area contributed by atoms with Crippen molar-refractivity contribution < 1.29 is 9.53 Å². The lowest BCUT2D eigenvalue weighted by molar-refractivity contribution is -0.141. The number of rotatable bonds is 7. The van der Waals surface area contributed by atoms with E-state index in [-0.39, 0.29) is 0 Å². The Morgan fingerprint density at radius 3 is 2.42 bits per heavy atom. The molecule has 4 nitrogen and oxygen atoms in total. The second kappa shape index (κ2) is 8.66. The van der Waals surface area contributed by atoms with Gasteiger partial charge in [0.05, 0.1) is 0 Å². The predicted octanol–water partition coefficient (Wildman–Crippen LogP) is 3.30. The smallest absolute Gasteiger partial charge is 0.226 e. The fourth-order valence-corrected chi connectivity index (χ4v) is 4.50. The minimum atomic E-state index is 0.335. The Balaban J connectivity index is 1.65. The van der Waals surface area contributed by atoms with Crippen LogP contribution in [0, 0.1) is 11.8 Å². The second-order valence-electron chi connectivity index (χ2n) is 8.10. The van der Waals surface area contributed by atoms with Gasteiger partial charge in [-0.3, -0.25) is 4.79 Å². The van der Waals surface area contributed by atoms with Gasteiger partial charge >= 0.3 is 0 Å². The summed E-state index contributed by atoms with van der Waals surface area (Å²) in [6.07, 6.45) is 9.25. The van der Waals surface area contributed by atoms with Crippen LogP contribution in [-0.2, 0) is 9.53 Å². The number of hydrogen-bond acceptors (Lipinski definition) is 3. The first-order valence-corrected chi connectivity index (χ1v) is 10.3. The Bertz CT molecular complexity index is 400. The predicted molar refractivity (Wildman–Crippen MR) is 96.9 cm³/mol. The Labute approximate surface area is 147 Å². The summed E-state index contributed by atoms with van der Waals surface area (Å²) in [7, 11) is 0. The number of hydrogen-bond donors (Lipinski definition) is 0. The molecule has 4 heteroatoms. The topological polar surface area (TPSA) is 32.8 Å². The highest BCUT2D eigenvalue weighted by Gasteiger charge is 2.41. The molecule has 3 aliphatic rings. The van der Waals surface area contributed by atoms with E-state index in [2.05, 4.69) is 23.6 Å². The summed E-state index contributed by atoms with van der Waals surface area (Å²) >= 11 is 0. The molecule has 1 unspecified atom stereocenters. The molecule has 3 fully saturated rings. The summed E-state index contributed by atoms with van der Waals surface area (Å²) in [4.78, 5) is 18.0. The lowest BCUT2D eigenvalue weighted by Crippen LogP contribution is -2.56. The molecule has 0 bridgehead atoms. The van der Waals surface area contributed by atoms with Gasteiger partial charge in [-0.1, -0.05) is 26.7 Å². The Morgan fingerprint density at radius 1 is 1.08 bits per heavy atom. The molecule has 1 saturated carbocycles. The number of carbonyl (C=O) groups excluding carboxylic acids is 1. The van der Waals surface area contributed by atoms with E-state index in [4.69, 9.17) is 4.74 Å². The molecule has 0 radical (unpaired) electrons. The maximum atomic E-state index is 13.0. The molecule has 1 atom stereocenters. The number of amides is 1. The van der Waals surface area contributed by atoms with Crippen LogP contribution in [-0.4, -0.2) is 60.6 Å².